The van der Waals surface area contributed by atoms with Gasteiger partial charge in [-0.1, -0.05) is 49.5 Å². The molecular formula is C13H24BrNO. The lowest BCUT2D eigenvalue weighted by Crippen LogP contribution is -2.48. The normalized spacial score (nSPS) is 26.6. The quantitative estimate of drug-likeness (QED) is 0.727. The maximum Gasteiger partial charge on any atom is 0.228 e. The van der Waals surface area contributed by atoms with Crippen molar-refractivity contribution < 1.29 is 4.79 Å². The van der Waals surface area contributed by atoms with Gasteiger partial charge in [0.05, 0.1) is 0 Å². The highest BCUT2D eigenvalue weighted by Gasteiger charge is 2.35. The number of amides is 1. The van der Waals surface area contributed by atoms with Crippen molar-refractivity contribution in [1.82, 2.24) is 4.90 Å². The Morgan fingerprint density at radius 1 is 1.38 bits per heavy atom. The van der Waals surface area contributed by atoms with E-state index in [0.29, 0.717) is 10.9 Å². The van der Waals surface area contributed by atoms with Gasteiger partial charge in [0.2, 0.25) is 5.91 Å². The first-order valence-corrected chi connectivity index (χ1v) is 7.23. The largest absolute Gasteiger partial charge is 0.341 e. The molecule has 16 heavy (non-hydrogen) atoms. The molecule has 0 saturated heterocycles. The molecule has 1 fully saturated rings. The molecule has 0 N–H and O–H groups in total. The highest BCUT2D eigenvalue weighted by atomic mass is 79.9. The van der Waals surface area contributed by atoms with Gasteiger partial charge >= 0.3 is 0 Å². The summed E-state index contributed by atoms with van der Waals surface area (Å²) in [5.41, 5.74) is -0.223. The Kier molecular flexibility index (Phi) is 4.84. The average Bonchev–Trinajstić information content (AvgIpc) is 2.27. The summed E-state index contributed by atoms with van der Waals surface area (Å²) < 4.78 is 0. The van der Waals surface area contributed by atoms with Crippen LogP contribution in [-0.2, 0) is 4.79 Å². The van der Waals surface area contributed by atoms with Crippen LogP contribution in [0.25, 0.3) is 0 Å². The molecular weight excluding hydrogens is 266 g/mol. The lowest BCUT2D eigenvalue weighted by atomic mass is 9.86. The van der Waals surface area contributed by atoms with Gasteiger partial charge in [0.15, 0.2) is 0 Å². The van der Waals surface area contributed by atoms with E-state index in [0.717, 1.165) is 12.8 Å². The van der Waals surface area contributed by atoms with Crippen LogP contribution in [0.3, 0.4) is 0 Å². The van der Waals surface area contributed by atoms with Gasteiger partial charge in [0.25, 0.3) is 0 Å². The second-order valence-electron chi connectivity index (χ2n) is 5.52. The smallest absolute Gasteiger partial charge is 0.228 e. The third-order valence-electron chi connectivity index (χ3n) is 3.93. The minimum atomic E-state index is -0.223. The van der Waals surface area contributed by atoms with Gasteiger partial charge in [-0.3, -0.25) is 4.79 Å². The minimum Gasteiger partial charge on any atom is -0.341 e. The van der Waals surface area contributed by atoms with Crippen molar-refractivity contribution in [1.29, 1.82) is 0 Å². The van der Waals surface area contributed by atoms with Crippen molar-refractivity contribution in [2.45, 2.75) is 63.7 Å². The molecule has 0 aliphatic heterocycles. The van der Waals surface area contributed by atoms with Crippen molar-refractivity contribution in [3.63, 3.8) is 0 Å². The molecule has 0 radical (unpaired) electrons. The molecule has 0 spiro atoms. The molecule has 2 atom stereocenters. The number of hydrogen-bond donors (Lipinski definition) is 0. The number of nitrogens with zero attached hydrogens (tertiary/aromatic N) is 1. The van der Waals surface area contributed by atoms with E-state index >= 15 is 0 Å². The Bertz CT molecular complexity index is 252. The molecule has 94 valence electrons. The summed E-state index contributed by atoms with van der Waals surface area (Å²) in [5.74, 6) is 0.284. The van der Waals surface area contributed by atoms with E-state index < -0.39 is 0 Å². The standard InChI is InChI=1S/C13H24BrNO/c1-5-13(2,3)12(16)15(4)11-9-7-6-8-10(11)14/h10-11H,5-9H2,1-4H3. The second kappa shape index (κ2) is 5.52. The van der Waals surface area contributed by atoms with E-state index in [1.54, 1.807) is 0 Å². The van der Waals surface area contributed by atoms with E-state index in [9.17, 15) is 4.79 Å². The first-order chi connectivity index (χ1) is 7.40. The third kappa shape index (κ3) is 2.99. The van der Waals surface area contributed by atoms with E-state index in [1.807, 2.05) is 25.8 Å². The molecule has 1 aliphatic rings. The predicted molar refractivity (Wildman–Crippen MR) is 71.8 cm³/mol. The van der Waals surface area contributed by atoms with Crippen LogP contribution >= 0.6 is 15.9 Å². The Labute approximate surface area is 108 Å². The molecule has 1 amide bonds. The molecule has 0 aromatic carbocycles. The topological polar surface area (TPSA) is 20.3 Å². The SMILES string of the molecule is CCC(C)(C)C(=O)N(C)C1CCCCC1Br. The summed E-state index contributed by atoms with van der Waals surface area (Å²) in [6.07, 6.45) is 5.76. The van der Waals surface area contributed by atoms with Crippen LogP contribution < -0.4 is 0 Å². The molecule has 2 unspecified atom stereocenters. The summed E-state index contributed by atoms with van der Waals surface area (Å²) in [6.45, 7) is 6.16. The van der Waals surface area contributed by atoms with E-state index in [4.69, 9.17) is 0 Å². The van der Waals surface area contributed by atoms with Crippen LogP contribution in [0.2, 0.25) is 0 Å². The van der Waals surface area contributed by atoms with Gasteiger partial charge in [0, 0.05) is 23.3 Å². The molecule has 2 nitrogen and oxygen atoms in total. The maximum atomic E-state index is 12.3. The van der Waals surface area contributed by atoms with Gasteiger partial charge in [-0.2, -0.15) is 0 Å². The summed E-state index contributed by atoms with van der Waals surface area (Å²) in [6, 6.07) is 0.382. The maximum absolute atomic E-state index is 12.3. The van der Waals surface area contributed by atoms with Gasteiger partial charge in [-0.25, -0.2) is 0 Å². The Morgan fingerprint density at radius 3 is 2.44 bits per heavy atom. The zero-order valence-corrected chi connectivity index (χ0v) is 12.5. The number of halogens is 1. The molecule has 3 heteroatoms. The highest BCUT2D eigenvalue weighted by molar-refractivity contribution is 9.09. The molecule has 1 aliphatic carbocycles. The van der Waals surface area contributed by atoms with E-state index in [2.05, 4.69) is 22.9 Å². The number of alkyl halides is 1. The predicted octanol–water partition coefficient (Wildman–Crippen LogP) is 3.59. The third-order valence-corrected chi connectivity index (χ3v) is 5.00. The fourth-order valence-electron chi connectivity index (χ4n) is 2.28. The molecule has 1 rings (SSSR count). The minimum absolute atomic E-state index is 0.223. The van der Waals surface area contributed by atoms with Crippen LogP contribution in [-0.4, -0.2) is 28.7 Å². The van der Waals surface area contributed by atoms with Gasteiger partial charge in [-0.05, 0) is 19.3 Å². The molecule has 0 bridgehead atoms. The van der Waals surface area contributed by atoms with Gasteiger partial charge < -0.3 is 4.90 Å². The summed E-state index contributed by atoms with van der Waals surface area (Å²) in [7, 11) is 1.96. The van der Waals surface area contributed by atoms with Crippen LogP contribution in [0, 0.1) is 5.41 Å². The molecule has 0 aromatic heterocycles. The summed E-state index contributed by atoms with van der Waals surface area (Å²) >= 11 is 3.72. The second-order valence-corrected chi connectivity index (χ2v) is 6.70. The zero-order valence-electron chi connectivity index (χ0n) is 10.9. The van der Waals surface area contributed by atoms with Crippen molar-refractivity contribution in [2.75, 3.05) is 7.05 Å². The number of carbonyl (C=O) groups is 1. The van der Waals surface area contributed by atoms with Crippen LogP contribution in [0.4, 0.5) is 0 Å². The van der Waals surface area contributed by atoms with E-state index in [-0.39, 0.29) is 11.3 Å². The summed E-state index contributed by atoms with van der Waals surface area (Å²) in [4.78, 5) is 14.8. The van der Waals surface area contributed by atoms with Gasteiger partial charge in [0.1, 0.15) is 0 Å². The Hall–Kier alpha value is -0.0500. The monoisotopic (exact) mass is 289 g/mol. The number of rotatable bonds is 3. The van der Waals surface area contributed by atoms with E-state index in [1.165, 1.54) is 19.3 Å². The Balaban J connectivity index is 2.69. The van der Waals surface area contributed by atoms with Crippen LogP contribution in [0.5, 0.6) is 0 Å². The van der Waals surface area contributed by atoms with Crippen molar-refractivity contribution in [3.8, 4) is 0 Å². The van der Waals surface area contributed by atoms with Crippen molar-refractivity contribution in [2.24, 2.45) is 5.41 Å². The fourth-order valence-corrected chi connectivity index (χ4v) is 3.22. The molecule has 0 aromatic rings. The molecule has 1 saturated carbocycles. The zero-order chi connectivity index (χ0) is 12.3. The van der Waals surface area contributed by atoms with Crippen LogP contribution in [0.15, 0.2) is 0 Å². The van der Waals surface area contributed by atoms with Gasteiger partial charge in [-0.15, -0.1) is 0 Å². The highest BCUT2D eigenvalue weighted by Crippen LogP contribution is 2.31. The summed E-state index contributed by atoms with van der Waals surface area (Å²) in [5, 5.41) is 0. The number of carbonyl (C=O) groups excluding carboxylic acids is 1. The van der Waals surface area contributed by atoms with Crippen molar-refractivity contribution >= 4 is 21.8 Å². The fraction of sp³-hybridized carbons (Fsp3) is 0.923. The van der Waals surface area contributed by atoms with Crippen LogP contribution in [0.1, 0.15) is 52.9 Å². The average molecular weight is 290 g/mol. The molecule has 0 heterocycles. The lowest BCUT2D eigenvalue weighted by molar-refractivity contribution is -0.141. The number of hydrogen-bond acceptors (Lipinski definition) is 1. The Morgan fingerprint density at radius 2 is 1.94 bits per heavy atom. The first kappa shape index (κ1) is 14.0. The lowest BCUT2D eigenvalue weighted by Gasteiger charge is -2.39. The van der Waals surface area contributed by atoms with Crippen molar-refractivity contribution in [3.05, 3.63) is 0 Å². The first-order valence-electron chi connectivity index (χ1n) is 6.31.